The van der Waals surface area contributed by atoms with Gasteiger partial charge in [0.2, 0.25) is 6.29 Å². The van der Waals surface area contributed by atoms with E-state index >= 15 is 0 Å². The van der Waals surface area contributed by atoms with Crippen molar-refractivity contribution in [2.45, 2.75) is 25.2 Å². The molecule has 0 saturated carbocycles. The Bertz CT molecular complexity index is 536. The molecular weight excluding hydrogens is 300 g/mol. The zero-order valence-corrected chi connectivity index (χ0v) is 13.2. The van der Waals surface area contributed by atoms with Crippen LogP contribution in [0.4, 0.5) is 5.82 Å². The molecular formula is C15H22N4O4. The highest BCUT2D eigenvalue weighted by molar-refractivity contribution is 5.88. The summed E-state index contributed by atoms with van der Waals surface area (Å²) < 4.78 is 16.1. The number of anilines is 1. The van der Waals surface area contributed by atoms with E-state index in [4.69, 9.17) is 14.2 Å². The zero-order valence-electron chi connectivity index (χ0n) is 13.2. The summed E-state index contributed by atoms with van der Waals surface area (Å²) in [5, 5.41) is 3.31. The summed E-state index contributed by atoms with van der Waals surface area (Å²) in [6, 6.07) is 1.92. The van der Waals surface area contributed by atoms with E-state index < -0.39 is 12.3 Å². The molecule has 0 radical (unpaired) electrons. The fourth-order valence-electron chi connectivity index (χ4n) is 2.59. The minimum atomic E-state index is -0.553. The fourth-order valence-corrected chi connectivity index (χ4v) is 2.59. The molecule has 0 bridgehead atoms. The number of carbonyl (C=O) groups is 1. The van der Waals surface area contributed by atoms with Crippen molar-refractivity contribution in [2.24, 2.45) is 0 Å². The standard InChI is InChI=1S/C15H22N4O4/c1-19-4-7-22-14(9-19)23-15(20)12-8-13(17-10-16-12)18-11-2-5-21-6-3-11/h8,10-11,14H,2-7,9H2,1H3,(H,16,17,18). The van der Waals surface area contributed by atoms with Crippen molar-refractivity contribution in [1.29, 1.82) is 0 Å². The topological polar surface area (TPSA) is 85.8 Å². The van der Waals surface area contributed by atoms with Crippen LogP contribution >= 0.6 is 0 Å². The number of ether oxygens (including phenoxy) is 3. The van der Waals surface area contributed by atoms with E-state index in [-0.39, 0.29) is 5.69 Å². The van der Waals surface area contributed by atoms with Gasteiger partial charge in [0.05, 0.1) is 13.2 Å². The Labute approximate surface area is 135 Å². The van der Waals surface area contributed by atoms with Gasteiger partial charge in [-0.2, -0.15) is 0 Å². The SMILES string of the molecule is CN1CCOC(OC(=O)c2cc(NC3CCOCC3)ncn2)C1. The molecule has 23 heavy (non-hydrogen) atoms. The van der Waals surface area contributed by atoms with Crippen molar-refractivity contribution in [3.8, 4) is 0 Å². The van der Waals surface area contributed by atoms with E-state index in [0.717, 1.165) is 32.6 Å². The van der Waals surface area contributed by atoms with Crippen LogP contribution in [0.2, 0.25) is 0 Å². The Hall–Kier alpha value is -1.77. The molecule has 0 amide bonds. The molecule has 2 aliphatic rings. The number of nitrogens with zero attached hydrogens (tertiary/aromatic N) is 3. The summed E-state index contributed by atoms with van der Waals surface area (Å²) in [6.45, 7) is 3.42. The van der Waals surface area contributed by atoms with Crippen molar-refractivity contribution in [1.82, 2.24) is 14.9 Å². The summed E-state index contributed by atoms with van der Waals surface area (Å²) >= 11 is 0. The summed E-state index contributed by atoms with van der Waals surface area (Å²) in [5.74, 6) is 0.128. The van der Waals surface area contributed by atoms with Crippen LogP contribution in [0.25, 0.3) is 0 Å². The molecule has 0 aliphatic carbocycles. The third-order valence-corrected chi connectivity index (χ3v) is 3.93. The van der Waals surface area contributed by atoms with Crippen LogP contribution in [0.15, 0.2) is 12.4 Å². The minimum Gasteiger partial charge on any atom is -0.430 e. The van der Waals surface area contributed by atoms with Crippen LogP contribution < -0.4 is 5.32 Å². The summed E-state index contributed by atoms with van der Waals surface area (Å²) in [7, 11) is 1.96. The van der Waals surface area contributed by atoms with E-state index in [0.29, 0.717) is 25.0 Å². The maximum Gasteiger partial charge on any atom is 0.359 e. The number of likely N-dealkylation sites (N-methyl/N-ethyl adjacent to an activating group) is 1. The lowest BCUT2D eigenvalue weighted by Crippen LogP contribution is -2.42. The Balaban J connectivity index is 1.58. The molecule has 1 unspecified atom stereocenters. The third kappa shape index (κ3) is 4.60. The molecule has 2 saturated heterocycles. The maximum absolute atomic E-state index is 12.2. The average molecular weight is 322 g/mol. The molecule has 8 nitrogen and oxygen atoms in total. The van der Waals surface area contributed by atoms with E-state index in [1.165, 1.54) is 6.33 Å². The highest BCUT2D eigenvalue weighted by Gasteiger charge is 2.23. The second-order valence-corrected chi connectivity index (χ2v) is 5.79. The van der Waals surface area contributed by atoms with Gasteiger partial charge >= 0.3 is 5.97 Å². The lowest BCUT2D eigenvalue weighted by Gasteiger charge is -2.29. The van der Waals surface area contributed by atoms with Crippen molar-refractivity contribution in [2.75, 3.05) is 45.3 Å². The van der Waals surface area contributed by atoms with E-state index in [2.05, 4.69) is 20.2 Å². The van der Waals surface area contributed by atoms with Crippen molar-refractivity contribution < 1.29 is 19.0 Å². The monoisotopic (exact) mass is 322 g/mol. The number of hydrogen-bond donors (Lipinski definition) is 1. The van der Waals surface area contributed by atoms with Gasteiger partial charge in [-0.3, -0.25) is 4.90 Å². The second-order valence-electron chi connectivity index (χ2n) is 5.79. The van der Waals surface area contributed by atoms with Gasteiger partial charge in [0.1, 0.15) is 12.1 Å². The number of rotatable bonds is 4. The van der Waals surface area contributed by atoms with Crippen molar-refractivity contribution in [3.63, 3.8) is 0 Å². The number of carbonyl (C=O) groups excluding carboxylic acids is 1. The first kappa shape index (κ1) is 16.1. The van der Waals surface area contributed by atoms with Gasteiger partial charge in [0, 0.05) is 31.9 Å². The zero-order chi connectivity index (χ0) is 16.1. The van der Waals surface area contributed by atoms with Crippen LogP contribution in [-0.4, -0.2) is 73.1 Å². The first-order valence-corrected chi connectivity index (χ1v) is 7.88. The summed E-state index contributed by atoms with van der Waals surface area (Å²) in [6.07, 6.45) is 2.66. The number of nitrogens with one attached hydrogen (secondary N) is 1. The molecule has 1 N–H and O–H groups in total. The van der Waals surface area contributed by atoms with Gasteiger partial charge < -0.3 is 19.5 Å². The van der Waals surface area contributed by atoms with E-state index in [1.807, 2.05) is 7.05 Å². The highest BCUT2D eigenvalue weighted by Crippen LogP contribution is 2.14. The van der Waals surface area contributed by atoms with E-state index in [1.54, 1.807) is 6.07 Å². The Morgan fingerprint density at radius 3 is 2.96 bits per heavy atom. The fraction of sp³-hybridized carbons (Fsp3) is 0.667. The summed E-state index contributed by atoms with van der Waals surface area (Å²) in [4.78, 5) is 22.4. The molecule has 126 valence electrons. The lowest BCUT2D eigenvalue weighted by molar-refractivity contribution is -0.146. The predicted molar refractivity (Wildman–Crippen MR) is 82.1 cm³/mol. The maximum atomic E-state index is 12.2. The highest BCUT2D eigenvalue weighted by atomic mass is 16.7. The Kier molecular flexibility index (Phi) is 5.37. The molecule has 1 aromatic rings. The first-order chi connectivity index (χ1) is 11.2. The van der Waals surface area contributed by atoms with Gasteiger partial charge in [0.25, 0.3) is 0 Å². The first-order valence-electron chi connectivity index (χ1n) is 7.88. The van der Waals surface area contributed by atoms with Gasteiger partial charge in [-0.1, -0.05) is 0 Å². The summed E-state index contributed by atoms with van der Waals surface area (Å²) in [5.41, 5.74) is 0.228. The molecule has 1 aromatic heterocycles. The lowest BCUT2D eigenvalue weighted by atomic mass is 10.1. The van der Waals surface area contributed by atoms with Crippen molar-refractivity contribution in [3.05, 3.63) is 18.1 Å². The minimum absolute atomic E-state index is 0.228. The molecule has 0 spiro atoms. The van der Waals surface area contributed by atoms with Gasteiger partial charge in [-0.25, -0.2) is 14.8 Å². The third-order valence-electron chi connectivity index (χ3n) is 3.93. The smallest absolute Gasteiger partial charge is 0.359 e. The van der Waals surface area contributed by atoms with E-state index in [9.17, 15) is 4.79 Å². The van der Waals surface area contributed by atoms with Crippen LogP contribution in [0.1, 0.15) is 23.3 Å². The molecule has 2 fully saturated rings. The average Bonchev–Trinajstić information content (AvgIpc) is 2.56. The number of esters is 1. The van der Waals surface area contributed by atoms with Crippen LogP contribution in [0, 0.1) is 0 Å². The molecule has 8 heteroatoms. The largest absolute Gasteiger partial charge is 0.430 e. The Morgan fingerprint density at radius 2 is 2.17 bits per heavy atom. The molecule has 3 rings (SSSR count). The van der Waals surface area contributed by atoms with Gasteiger partial charge in [0.15, 0.2) is 5.69 Å². The number of hydrogen-bond acceptors (Lipinski definition) is 8. The van der Waals surface area contributed by atoms with Crippen LogP contribution in [-0.2, 0) is 14.2 Å². The molecule has 3 heterocycles. The molecule has 1 atom stereocenters. The van der Waals surface area contributed by atoms with Crippen LogP contribution in [0.3, 0.4) is 0 Å². The molecule has 2 aliphatic heterocycles. The Morgan fingerprint density at radius 1 is 1.35 bits per heavy atom. The van der Waals surface area contributed by atoms with Gasteiger partial charge in [-0.05, 0) is 19.9 Å². The number of aromatic nitrogens is 2. The molecule has 0 aromatic carbocycles. The predicted octanol–water partition coefficient (Wildman–Crippen LogP) is 0.512. The van der Waals surface area contributed by atoms with Crippen LogP contribution in [0.5, 0.6) is 0 Å². The van der Waals surface area contributed by atoms with Gasteiger partial charge in [-0.15, -0.1) is 0 Å². The number of morpholine rings is 1. The second kappa shape index (κ2) is 7.67. The van der Waals surface area contributed by atoms with Crippen molar-refractivity contribution >= 4 is 11.8 Å². The normalized spacial score (nSPS) is 23.4. The quantitative estimate of drug-likeness (QED) is 0.803.